The highest BCUT2D eigenvalue weighted by Crippen LogP contribution is 2.34. The smallest absolute Gasteiger partial charge is 0.258 e. The summed E-state index contributed by atoms with van der Waals surface area (Å²) in [7, 11) is 0. The standard InChI is InChI=1S/C27H21N3O4/c1-16(31)25-17(2)34-27(22(25)13-28)29-26(32)19-7-5-8-20(12-19)30-14-23-21-9-4-3-6-18(21)10-11-24(23)33-15-30/h3-12H,14-15H2,1-2H3,(H,29,32). The number of amides is 1. The molecule has 0 aliphatic carbocycles. The van der Waals surface area contributed by atoms with Crippen LogP contribution in [0.1, 0.15) is 44.5 Å². The topological polar surface area (TPSA) is 95.6 Å². The first-order valence-corrected chi connectivity index (χ1v) is 10.8. The number of ether oxygens (including phenoxy) is 1. The van der Waals surface area contributed by atoms with Crippen molar-refractivity contribution in [2.24, 2.45) is 0 Å². The van der Waals surface area contributed by atoms with Crippen LogP contribution in [0.3, 0.4) is 0 Å². The summed E-state index contributed by atoms with van der Waals surface area (Å²) in [5, 5.41) is 14.4. The molecule has 4 aromatic rings. The molecule has 168 valence electrons. The van der Waals surface area contributed by atoms with Gasteiger partial charge in [0.2, 0.25) is 5.88 Å². The third-order valence-electron chi connectivity index (χ3n) is 5.97. The average molecular weight is 451 g/mol. The Morgan fingerprint density at radius 3 is 2.71 bits per heavy atom. The molecule has 2 heterocycles. The summed E-state index contributed by atoms with van der Waals surface area (Å²) >= 11 is 0. The fourth-order valence-corrected chi connectivity index (χ4v) is 4.35. The second kappa shape index (κ2) is 8.41. The van der Waals surface area contributed by atoms with E-state index in [0.717, 1.165) is 27.8 Å². The lowest BCUT2D eigenvalue weighted by molar-refractivity contribution is 0.101. The van der Waals surface area contributed by atoms with Crippen LogP contribution in [0.4, 0.5) is 11.6 Å². The Balaban J connectivity index is 1.41. The average Bonchev–Trinajstić information content (AvgIpc) is 3.18. The molecule has 7 nitrogen and oxygen atoms in total. The van der Waals surface area contributed by atoms with Gasteiger partial charge in [0.1, 0.15) is 23.1 Å². The number of rotatable bonds is 4. The normalized spacial score (nSPS) is 12.6. The van der Waals surface area contributed by atoms with Gasteiger partial charge in [-0.2, -0.15) is 5.26 Å². The minimum absolute atomic E-state index is 0.0256. The van der Waals surface area contributed by atoms with Crippen LogP contribution in [0.15, 0.2) is 65.1 Å². The van der Waals surface area contributed by atoms with Crippen LogP contribution in [0.25, 0.3) is 10.8 Å². The number of carbonyl (C=O) groups is 2. The van der Waals surface area contributed by atoms with E-state index in [1.165, 1.54) is 6.92 Å². The fraction of sp³-hybridized carbons (Fsp3) is 0.148. The highest BCUT2D eigenvalue weighted by molar-refractivity contribution is 6.06. The molecule has 1 N–H and O–H groups in total. The lowest BCUT2D eigenvalue weighted by Gasteiger charge is -2.31. The summed E-state index contributed by atoms with van der Waals surface area (Å²) in [5.74, 6) is 0.401. The predicted octanol–water partition coefficient (Wildman–Crippen LogP) is 5.42. The van der Waals surface area contributed by atoms with Gasteiger partial charge in [-0.3, -0.25) is 14.9 Å². The molecule has 7 heteroatoms. The van der Waals surface area contributed by atoms with E-state index in [9.17, 15) is 14.9 Å². The minimum Gasteiger partial charge on any atom is -0.473 e. The first-order chi connectivity index (χ1) is 16.5. The predicted molar refractivity (Wildman–Crippen MR) is 128 cm³/mol. The number of ketones is 1. The Bertz CT molecular complexity index is 1500. The van der Waals surface area contributed by atoms with Crippen LogP contribution in [-0.4, -0.2) is 18.4 Å². The Morgan fingerprint density at radius 2 is 1.91 bits per heavy atom. The van der Waals surface area contributed by atoms with E-state index in [1.54, 1.807) is 25.1 Å². The van der Waals surface area contributed by atoms with Crippen LogP contribution in [-0.2, 0) is 6.54 Å². The van der Waals surface area contributed by atoms with Gasteiger partial charge >= 0.3 is 0 Å². The van der Waals surface area contributed by atoms with Crippen molar-refractivity contribution in [1.82, 2.24) is 0 Å². The van der Waals surface area contributed by atoms with Crippen molar-refractivity contribution in [3.05, 3.63) is 88.7 Å². The van der Waals surface area contributed by atoms with Gasteiger partial charge in [-0.1, -0.05) is 36.4 Å². The van der Waals surface area contributed by atoms with Crippen molar-refractivity contribution in [3.8, 4) is 11.8 Å². The monoisotopic (exact) mass is 451 g/mol. The number of carbonyl (C=O) groups excluding carboxylic acids is 2. The number of nitrogens with zero attached hydrogens (tertiary/aromatic N) is 2. The van der Waals surface area contributed by atoms with Gasteiger partial charge in [0.05, 0.1) is 12.1 Å². The van der Waals surface area contributed by atoms with Crippen LogP contribution < -0.4 is 15.0 Å². The number of anilines is 2. The van der Waals surface area contributed by atoms with E-state index < -0.39 is 5.91 Å². The zero-order valence-electron chi connectivity index (χ0n) is 18.7. The molecule has 0 saturated heterocycles. The maximum atomic E-state index is 13.0. The van der Waals surface area contributed by atoms with Gasteiger partial charge in [-0.25, -0.2) is 0 Å². The van der Waals surface area contributed by atoms with Gasteiger partial charge < -0.3 is 14.1 Å². The molecular weight excluding hydrogens is 430 g/mol. The molecule has 0 bridgehead atoms. The number of benzene rings is 3. The molecule has 1 amide bonds. The van der Waals surface area contributed by atoms with Crippen molar-refractivity contribution in [3.63, 3.8) is 0 Å². The molecule has 5 rings (SSSR count). The Kier molecular flexibility index (Phi) is 5.27. The molecule has 0 unspecified atom stereocenters. The van der Waals surface area contributed by atoms with E-state index in [4.69, 9.17) is 9.15 Å². The molecule has 3 aromatic carbocycles. The number of hydrogen-bond acceptors (Lipinski definition) is 6. The highest BCUT2D eigenvalue weighted by atomic mass is 16.5. The molecular formula is C27H21N3O4. The Hall–Kier alpha value is -4.57. The molecule has 1 aliphatic heterocycles. The van der Waals surface area contributed by atoms with Crippen molar-refractivity contribution >= 4 is 34.0 Å². The summed E-state index contributed by atoms with van der Waals surface area (Å²) in [4.78, 5) is 26.9. The summed E-state index contributed by atoms with van der Waals surface area (Å²) in [5.41, 5.74) is 2.53. The molecule has 0 saturated carbocycles. The molecule has 0 spiro atoms. The number of hydrogen-bond donors (Lipinski definition) is 1. The van der Waals surface area contributed by atoms with E-state index in [1.807, 2.05) is 30.3 Å². The van der Waals surface area contributed by atoms with Gasteiger partial charge in [0, 0.05) is 16.8 Å². The fourth-order valence-electron chi connectivity index (χ4n) is 4.35. The summed E-state index contributed by atoms with van der Waals surface area (Å²) in [6.45, 7) is 3.94. The Labute approximate surface area is 196 Å². The Morgan fingerprint density at radius 1 is 1.09 bits per heavy atom. The first kappa shape index (κ1) is 21.3. The van der Waals surface area contributed by atoms with Crippen LogP contribution in [0.5, 0.6) is 5.75 Å². The highest BCUT2D eigenvalue weighted by Gasteiger charge is 2.24. The van der Waals surface area contributed by atoms with Crippen molar-refractivity contribution in [1.29, 1.82) is 5.26 Å². The van der Waals surface area contributed by atoms with Crippen molar-refractivity contribution in [2.45, 2.75) is 20.4 Å². The molecule has 0 fully saturated rings. The SMILES string of the molecule is CC(=O)c1c(C)oc(NC(=O)c2cccc(N3COc4ccc5ccccc5c4C3)c2)c1C#N. The van der Waals surface area contributed by atoms with E-state index >= 15 is 0 Å². The molecule has 0 atom stereocenters. The molecule has 34 heavy (non-hydrogen) atoms. The largest absolute Gasteiger partial charge is 0.473 e. The number of fused-ring (bicyclic) bond motifs is 3. The van der Waals surface area contributed by atoms with Crippen LogP contribution in [0, 0.1) is 18.3 Å². The first-order valence-electron chi connectivity index (χ1n) is 10.8. The van der Waals surface area contributed by atoms with Gasteiger partial charge in [-0.15, -0.1) is 0 Å². The zero-order chi connectivity index (χ0) is 23.8. The second-order valence-electron chi connectivity index (χ2n) is 8.14. The molecule has 1 aromatic heterocycles. The van der Waals surface area contributed by atoms with Gasteiger partial charge in [0.15, 0.2) is 12.5 Å². The minimum atomic E-state index is -0.439. The number of furan rings is 1. The quantitative estimate of drug-likeness (QED) is 0.416. The lowest BCUT2D eigenvalue weighted by atomic mass is 10.0. The number of Topliss-reactive ketones (excluding diaryl/α,β-unsaturated/α-hetero) is 1. The summed E-state index contributed by atoms with van der Waals surface area (Å²) in [6, 6.07) is 21.3. The number of nitrogens with one attached hydrogen (secondary N) is 1. The van der Waals surface area contributed by atoms with Crippen molar-refractivity contribution in [2.75, 3.05) is 16.9 Å². The number of nitriles is 1. The number of aryl methyl sites for hydroxylation is 1. The van der Waals surface area contributed by atoms with Crippen LogP contribution in [0.2, 0.25) is 0 Å². The van der Waals surface area contributed by atoms with Crippen LogP contribution >= 0.6 is 0 Å². The van der Waals surface area contributed by atoms with E-state index in [0.29, 0.717) is 24.6 Å². The van der Waals surface area contributed by atoms with E-state index in [2.05, 4.69) is 28.4 Å². The second-order valence-corrected chi connectivity index (χ2v) is 8.14. The van der Waals surface area contributed by atoms with E-state index in [-0.39, 0.29) is 22.8 Å². The van der Waals surface area contributed by atoms with Gasteiger partial charge in [-0.05, 0) is 48.9 Å². The zero-order valence-corrected chi connectivity index (χ0v) is 18.7. The maximum absolute atomic E-state index is 13.0. The van der Waals surface area contributed by atoms with Crippen molar-refractivity contribution < 1.29 is 18.7 Å². The molecule has 0 radical (unpaired) electrons. The molecule has 1 aliphatic rings. The maximum Gasteiger partial charge on any atom is 0.258 e. The summed E-state index contributed by atoms with van der Waals surface area (Å²) in [6.07, 6.45) is 0. The lowest BCUT2D eigenvalue weighted by Crippen LogP contribution is -2.32. The third-order valence-corrected chi connectivity index (χ3v) is 5.97. The van der Waals surface area contributed by atoms with Gasteiger partial charge in [0.25, 0.3) is 5.91 Å². The third kappa shape index (κ3) is 3.65. The summed E-state index contributed by atoms with van der Waals surface area (Å²) < 4.78 is 11.5.